The molecule has 2 aliphatic rings. The fourth-order valence-electron chi connectivity index (χ4n) is 4.76. The van der Waals surface area contributed by atoms with E-state index in [-0.39, 0.29) is 18.0 Å². The van der Waals surface area contributed by atoms with Crippen LogP contribution in [-0.4, -0.2) is 24.7 Å². The third-order valence-electron chi connectivity index (χ3n) is 6.49. The van der Waals surface area contributed by atoms with E-state index in [1.54, 1.807) is 23.1 Å². The van der Waals surface area contributed by atoms with Crippen LogP contribution in [0.1, 0.15) is 46.4 Å². The quantitative estimate of drug-likeness (QED) is 0.381. The minimum absolute atomic E-state index is 0.0524. The SMILES string of the molecule is COc1ccc2c(n1)CCCCCc1cc(F)ccc1N1CN2C(=O)c2cc(C(F)(F)F)ccc21. The Morgan fingerprint density at radius 3 is 2.40 bits per heavy atom. The van der Waals surface area contributed by atoms with Crippen molar-refractivity contribution in [2.45, 2.75) is 38.3 Å². The Bertz CT molecular complexity index is 1290. The zero-order valence-electron chi connectivity index (χ0n) is 19.0. The Morgan fingerprint density at radius 2 is 1.63 bits per heavy atom. The van der Waals surface area contributed by atoms with Crippen molar-refractivity contribution in [3.8, 4) is 5.88 Å². The number of halogens is 4. The van der Waals surface area contributed by atoms with E-state index in [0.717, 1.165) is 37.0 Å². The maximum absolute atomic E-state index is 14.2. The fourth-order valence-corrected chi connectivity index (χ4v) is 4.76. The minimum Gasteiger partial charge on any atom is -0.481 e. The largest absolute Gasteiger partial charge is 0.481 e. The Morgan fingerprint density at radius 1 is 0.886 bits per heavy atom. The number of carbonyl (C=O) groups is 1. The van der Waals surface area contributed by atoms with Crippen LogP contribution in [0, 0.1) is 5.82 Å². The highest BCUT2D eigenvalue weighted by atomic mass is 19.4. The molecule has 2 bridgehead atoms. The first-order chi connectivity index (χ1) is 16.8. The molecule has 182 valence electrons. The van der Waals surface area contributed by atoms with Crippen LogP contribution >= 0.6 is 0 Å². The van der Waals surface area contributed by atoms with Crippen LogP contribution < -0.4 is 14.5 Å². The Kier molecular flexibility index (Phi) is 5.86. The standard InChI is InChI=1S/C26H23F4N3O2/c1-35-24-12-11-23-20(31-24)6-4-2-3-5-16-13-18(27)8-10-21(16)32-15-33(23)25(34)19-14-17(26(28,29)30)7-9-22(19)32/h7-14H,2-6,15H2,1H3. The van der Waals surface area contributed by atoms with E-state index in [1.807, 2.05) is 0 Å². The number of anilines is 3. The first kappa shape index (κ1) is 23.1. The van der Waals surface area contributed by atoms with Gasteiger partial charge in [-0.1, -0.05) is 6.42 Å². The van der Waals surface area contributed by atoms with Crippen molar-refractivity contribution < 1.29 is 27.1 Å². The number of alkyl halides is 3. The summed E-state index contributed by atoms with van der Waals surface area (Å²) in [4.78, 5) is 21.4. The molecule has 5 nitrogen and oxygen atoms in total. The van der Waals surface area contributed by atoms with E-state index in [1.165, 1.54) is 30.2 Å². The van der Waals surface area contributed by atoms with Gasteiger partial charge in [-0.2, -0.15) is 13.2 Å². The van der Waals surface area contributed by atoms with Crippen molar-refractivity contribution in [1.82, 2.24) is 4.98 Å². The van der Waals surface area contributed by atoms with E-state index < -0.39 is 17.6 Å². The van der Waals surface area contributed by atoms with Crippen molar-refractivity contribution in [1.29, 1.82) is 0 Å². The molecule has 1 aromatic heterocycles. The molecule has 0 fully saturated rings. The number of rotatable bonds is 1. The lowest BCUT2D eigenvalue weighted by molar-refractivity contribution is -0.137. The van der Waals surface area contributed by atoms with Gasteiger partial charge in [0.05, 0.1) is 35.3 Å². The second kappa shape index (κ2) is 8.87. The molecule has 35 heavy (non-hydrogen) atoms. The minimum atomic E-state index is -4.60. The molecule has 0 saturated heterocycles. The van der Waals surface area contributed by atoms with Gasteiger partial charge in [0, 0.05) is 11.8 Å². The van der Waals surface area contributed by atoms with Gasteiger partial charge in [-0.3, -0.25) is 9.69 Å². The molecule has 2 aromatic carbocycles. The number of hydrogen-bond acceptors (Lipinski definition) is 4. The van der Waals surface area contributed by atoms with E-state index in [2.05, 4.69) is 4.98 Å². The average molecular weight is 485 g/mol. The highest BCUT2D eigenvalue weighted by Gasteiger charge is 2.37. The van der Waals surface area contributed by atoms with Crippen LogP contribution in [0.3, 0.4) is 0 Å². The molecule has 0 saturated carbocycles. The zero-order valence-corrected chi connectivity index (χ0v) is 19.0. The lowest BCUT2D eigenvalue weighted by Gasteiger charge is -2.40. The van der Waals surface area contributed by atoms with Crippen molar-refractivity contribution in [3.05, 3.63) is 76.7 Å². The summed E-state index contributed by atoms with van der Waals surface area (Å²) < 4.78 is 60.0. The Labute approximate surface area is 199 Å². The number of benzene rings is 2. The van der Waals surface area contributed by atoms with Gasteiger partial charge in [0.25, 0.3) is 5.91 Å². The van der Waals surface area contributed by atoms with Gasteiger partial charge in [-0.15, -0.1) is 0 Å². The van der Waals surface area contributed by atoms with E-state index >= 15 is 0 Å². The summed E-state index contributed by atoms with van der Waals surface area (Å²) in [6.07, 6.45) is -0.955. The van der Waals surface area contributed by atoms with Crippen molar-refractivity contribution in [2.24, 2.45) is 0 Å². The van der Waals surface area contributed by atoms with Gasteiger partial charge in [-0.05, 0) is 73.7 Å². The summed E-state index contributed by atoms with van der Waals surface area (Å²) >= 11 is 0. The van der Waals surface area contributed by atoms with Crippen LogP contribution in [0.5, 0.6) is 5.88 Å². The summed E-state index contributed by atoms with van der Waals surface area (Å²) in [5.74, 6) is -0.524. The van der Waals surface area contributed by atoms with Crippen LogP contribution in [-0.2, 0) is 19.0 Å². The third kappa shape index (κ3) is 4.31. The molecule has 0 radical (unpaired) electrons. The first-order valence-electron chi connectivity index (χ1n) is 11.4. The summed E-state index contributed by atoms with van der Waals surface area (Å²) in [7, 11) is 1.50. The highest BCUT2D eigenvalue weighted by Crippen LogP contribution is 2.41. The number of methoxy groups -OCH3 is 1. The molecule has 0 atom stereocenters. The van der Waals surface area contributed by atoms with Gasteiger partial charge in [0.15, 0.2) is 0 Å². The molecular weight excluding hydrogens is 462 g/mol. The van der Waals surface area contributed by atoms with Crippen LogP contribution in [0.25, 0.3) is 0 Å². The number of hydrogen-bond donors (Lipinski definition) is 0. The molecule has 5 rings (SSSR count). The highest BCUT2D eigenvalue weighted by molar-refractivity contribution is 6.13. The normalized spacial score (nSPS) is 16.0. The summed E-state index contributed by atoms with van der Waals surface area (Å²) in [6, 6.07) is 10.9. The Hall–Kier alpha value is -3.62. The summed E-state index contributed by atoms with van der Waals surface area (Å²) in [5.41, 5.74) is 1.96. The molecule has 2 aliphatic heterocycles. The number of amides is 1. The fraction of sp³-hybridized carbons (Fsp3) is 0.308. The predicted octanol–water partition coefficient (Wildman–Crippen LogP) is 6.27. The molecule has 1 amide bonds. The number of pyridine rings is 1. The molecule has 0 spiro atoms. The summed E-state index contributed by atoms with van der Waals surface area (Å²) in [5, 5.41) is 0. The van der Waals surface area contributed by atoms with Crippen molar-refractivity contribution in [3.63, 3.8) is 0 Å². The molecule has 0 N–H and O–H groups in total. The Balaban J connectivity index is 1.74. The smallest absolute Gasteiger partial charge is 0.416 e. The maximum atomic E-state index is 14.2. The zero-order chi connectivity index (χ0) is 24.7. The van der Waals surface area contributed by atoms with Crippen molar-refractivity contribution in [2.75, 3.05) is 23.6 Å². The van der Waals surface area contributed by atoms with Crippen LogP contribution in [0.4, 0.5) is 34.6 Å². The van der Waals surface area contributed by atoms with Gasteiger partial charge < -0.3 is 9.64 Å². The first-order valence-corrected chi connectivity index (χ1v) is 11.4. The van der Waals surface area contributed by atoms with Crippen LogP contribution in [0.2, 0.25) is 0 Å². The van der Waals surface area contributed by atoms with Crippen molar-refractivity contribution >= 4 is 23.0 Å². The van der Waals surface area contributed by atoms with Gasteiger partial charge >= 0.3 is 6.18 Å². The van der Waals surface area contributed by atoms with Crippen LogP contribution in [0.15, 0.2) is 48.5 Å². The van der Waals surface area contributed by atoms with E-state index in [9.17, 15) is 22.4 Å². The molecule has 3 heterocycles. The number of nitrogens with zero attached hydrogens (tertiary/aromatic N) is 3. The molecule has 0 aliphatic carbocycles. The molecular formula is C26H23F4N3O2. The van der Waals surface area contributed by atoms with E-state index in [0.29, 0.717) is 41.5 Å². The van der Waals surface area contributed by atoms with E-state index in [4.69, 9.17) is 4.74 Å². The molecule has 9 heteroatoms. The monoisotopic (exact) mass is 485 g/mol. The number of carbonyl (C=O) groups excluding carboxylic acids is 1. The maximum Gasteiger partial charge on any atom is 0.416 e. The van der Waals surface area contributed by atoms with Gasteiger partial charge in [0.2, 0.25) is 5.88 Å². The lowest BCUT2D eigenvalue weighted by atomic mass is 9.98. The molecule has 0 unspecified atom stereocenters. The second-order valence-electron chi connectivity index (χ2n) is 8.69. The number of ether oxygens (including phenoxy) is 1. The molecule has 3 aromatic rings. The average Bonchev–Trinajstić information content (AvgIpc) is 2.83. The predicted molar refractivity (Wildman–Crippen MR) is 124 cm³/mol. The lowest BCUT2D eigenvalue weighted by Crippen LogP contribution is -2.46. The van der Waals surface area contributed by atoms with Gasteiger partial charge in [0.1, 0.15) is 12.5 Å². The third-order valence-corrected chi connectivity index (χ3v) is 6.49. The topological polar surface area (TPSA) is 45.7 Å². The van der Waals surface area contributed by atoms with Gasteiger partial charge in [-0.25, -0.2) is 9.37 Å². The second-order valence-corrected chi connectivity index (χ2v) is 8.69. The number of aromatic nitrogens is 1. The number of fused-ring (bicyclic) bond motifs is 8. The number of aryl methyl sites for hydroxylation is 2. The summed E-state index contributed by atoms with van der Waals surface area (Å²) in [6.45, 7) is 0.0524.